The second-order valence-electron chi connectivity index (χ2n) is 6.01. The van der Waals surface area contributed by atoms with E-state index in [2.05, 4.69) is 5.32 Å². The molecule has 0 radical (unpaired) electrons. The summed E-state index contributed by atoms with van der Waals surface area (Å²) >= 11 is 0. The van der Waals surface area contributed by atoms with Crippen LogP contribution >= 0.6 is 0 Å². The van der Waals surface area contributed by atoms with Gasteiger partial charge in [-0.25, -0.2) is 0 Å². The van der Waals surface area contributed by atoms with Gasteiger partial charge >= 0.3 is 0 Å². The third-order valence-electron chi connectivity index (χ3n) is 2.65. The van der Waals surface area contributed by atoms with Crippen LogP contribution in [0.2, 0.25) is 0 Å². The van der Waals surface area contributed by atoms with Crippen molar-refractivity contribution in [2.45, 2.75) is 46.3 Å². The molecule has 1 amide bonds. The maximum Gasteiger partial charge on any atom is 0.220 e. The molecule has 0 aromatic heterocycles. The summed E-state index contributed by atoms with van der Waals surface area (Å²) in [6, 6.07) is 10.0. The lowest BCUT2D eigenvalue weighted by molar-refractivity contribution is -0.124. The number of rotatable bonds is 7. The van der Waals surface area contributed by atoms with E-state index >= 15 is 0 Å². The number of benzene rings is 1. The first-order valence-electron chi connectivity index (χ1n) is 6.82. The molecule has 0 unspecified atom stereocenters. The Morgan fingerprint density at radius 1 is 1.26 bits per heavy atom. The van der Waals surface area contributed by atoms with E-state index in [1.807, 2.05) is 58.0 Å². The molecule has 106 valence electrons. The van der Waals surface area contributed by atoms with Crippen LogP contribution in [-0.4, -0.2) is 18.1 Å². The average molecular weight is 263 g/mol. The zero-order valence-corrected chi connectivity index (χ0v) is 12.4. The van der Waals surface area contributed by atoms with Gasteiger partial charge in [0.1, 0.15) is 0 Å². The molecule has 0 spiro atoms. The fourth-order valence-corrected chi connectivity index (χ4v) is 1.83. The van der Waals surface area contributed by atoms with E-state index in [1.165, 1.54) is 0 Å². The summed E-state index contributed by atoms with van der Waals surface area (Å²) in [6.45, 7) is 9.12. The summed E-state index contributed by atoms with van der Waals surface area (Å²) in [5.41, 5.74) is 0.813. The fourth-order valence-electron chi connectivity index (χ4n) is 1.83. The predicted octanol–water partition coefficient (Wildman–Crippen LogP) is 3.14. The molecule has 0 aliphatic rings. The Bertz CT molecular complexity index is 385. The standard InChI is InChI=1S/C16H25NO2/c1-13(2)10-15(18)17-16(3,4)12-19-11-14-8-6-5-7-9-14/h5-9,13H,10-12H2,1-4H3,(H,17,18). The van der Waals surface area contributed by atoms with Gasteiger partial charge in [-0.15, -0.1) is 0 Å². The van der Waals surface area contributed by atoms with E-state index in [9.17, 15) is 4.79 Å². The lowest BCUT2D eigenvalue weighted by Crippen LogP contribution is -2.47. The van der Waals surface area contributed by atoms with Crippen molar-refractivity contribution >= 4 is 5.91 Å². The van der Waals surface area contributed by atoms with Gasteiger partial charge in [-0.1, -0.05) is 44.2 Å². The van der Waals surface area contributed by atoms with Gasteiger partial charge in [0.15, 0.2) is 0 Å². The molecular weight excluding hydrogens is 238 g/mol. The zero-order valence-electron chi connectivity index (χ0n) is 12.4. The lowest BCUT2D eigenvalue weighted by atomic mass is 10.0. The zero-order chi connectivity index (χ0) is 14.3. The molecule has 3 nitrogen and oxygen atoms in total. The highest BCUT2D eigenvalue weighted by atomic mass is 16.5. The summed E-state index contributed by atoms with van der Waals surface area (Å²) in [4.78, 5) is 11.7. The minimum Gasteiger partial charge on any atom is -0.374 e. The van der Waals surface area contributed by atoms with Gasteiger partial charge in [0.25, 0.3) is 0 Å². The van der Waals surface area contributed by atoms with E-state index in [0.717, 1.165) is 5.56 Å². The Kier molecular flexibility index (Phi) is 6.03. The van der Waals surface area contributed by atoms with Crippen LogP contribution in [0, 0.1) is 5.92 Å². The van der Waals surface area contributed by atoms with E-state index < -0.39 is 0 Å². The fraction of sp³-hybridized carbons (Fsp3) is 0.562. The first kappa shape index (κ1) is 15.7. The van der Waals surface area contributed by atoms with Crippen LogP contribution in [-0.2, 0) is 16.1 Å². The molecule has 0 bridgehead atoms. The van der Waals surface area contributed by atoms with Crippen LogP contribution in [0.3, 0.4) is 0 Å². The summed E-state index contributed by atoms with van der Waals surface area (Å²) in [6.07, 6.45) is 0.558. The number of hydrogen-bond acceptors (Lipinski definition) is 2. The molecule has 0 saturated carbocycles. The predicted molar refractivity (Wildman–Crippen MR) is 77.8 cm³/mol. The van der Waals surface area contributed by atoms with Crippen LogP contribution in [0.1, 0.15) is 39.7 Å². The molecule has 3 heteroatoms. The average Bonchev–Trinajstić information content (AvgIpc) is 2.27. The molecule has 0 atom stereocenters. The minimum atomic E-state index is -0.333. The molecular formula is C16H25NO2. The summed E-state index contributed by atoms with van der Waals surface area (Å²) in [5.74, 6) is 0.462. The maximum atomic E-state index is 11.7. The molecule has 0 heterocycles. The van der Waals surface area contributed by atoms with Gasteiger partial charge in [0.05, 0.1) is 18.8 Å². The van der Waals surface area contributed by atoms with Crippen LogP contribution in [0.15, 0.2) is 30.3 Å². The van der Waals surface area contributed by atoms with E-state index in [-0.39, 0.29) is 11.4 Å². The first-order valence-corrected chi connectivity index (χ1v) is 6.82. The SMILES string of the molecule is CC(C)CC(=O)NC(C)(C)COCc1ccccc1. The normalized spacial score (nSPS) is 11.6. The second-order valence-corrected chi connectivity index (χ2v) is 6.01. The number of nitrogens with one attached hydrogen (secondary N) is 1. The van der Waals surface area contributed by atoms with Crippen molar-refractivity contribution in [2.24, 2.45) is 5.92 Å². The van der Waals surface area contributed by atoms with E-state index in [4.69, 9.17) is 4.74 Å². The molecule has 0 aliphatic carbocycles. The van der Waals surface area contributed by atoms with Gasteiger partial charge in [-0.3, -0.25) is 4.79 Å². The minimum absolute atomic E-state index is 0.0864. The van der Waals surface area contributed by atoms with E-state index in [0.29, 0.717) is 25.6 Å². The first-order chi connectivity index (χ1) is 8.89. The molecule has 0 aliphatic heterocycles. The lowest BCUT2D eigenvalue weighted by Gasteiger charge is -2.26. The molecule has 0 fully saturated rings. The number of amides is 1. The molecule has 1 aromatic rings. The highest BCUT2D eigenvalue weighted by Gasteiger charge is 2.21. The third-order valence-corrected chi connectivity index (χ3v) is 2.65. The van der Waals surface area contributed by atoms with Crippen molar-refractivity contribution in [1.82, 2.24) is 5.32 Å². The number of ether oxygens (including phenoxy) is 1. The second kappa shape index (κ2) is 7.29. The van der Waals surface area contributed by atoms with Crippen molar-refractivity contribution in [3.8, 4) is 0 Å². The van der Waals surface area contributed by atoms with Crippen LogP contribution < -0.4 is 5.32 Å². The highest BCUT2D eigenvalue weighted by Crippen LogP contribution is 2.08. The Morgan fingerprint density at radius 3 is 2.47 bits per heavy atom. The van der Waals surface area contributed by atoms with Crippen molar-refractivity contribution in [3.05, 3.63) is 35.9 Å². The van der Waals surface area contributed by atoms with Crippen LogP contribution in [0.4, 0.5) is 0 Å². The van der Waals surface area contributed by atoms with Crippen LogP contribution in [0.25, 0.3) is 0 Å². The monoisotopic (exact) mass is 263 g/mol. The van der Waals surface area contributed by atoms with Crippen molar-refractivity contribution in [1.29, 1.82) is 0 Å². The summed E-state index contributed by atoms with van der Waals surface area (Å²) < 4.78 is 5.68. The Balaban J connectivity index is 2.32. The number of carbonyl (C=O) groups is 1. The maximum absolute atomic E-state index is 11.7. The topological polar surface area (TPSA) is 38.3 Å². The van der Waals surface area contributed by atoms with Gasteiger partial charge in [-0.2, -0.15) is 0 Å². The number of hydrogen-bond donors (Lipinski definition) is 1. The van der Waals surface area contributed by atoms with Crippen molar-refractivity contribution in [2.75, 3.05) is 6.61 Å². The summed E-state index contributed by atoms with van der Waals surface area (Å²) in [5, 5.41) is 3.01. The van der Waals surface area contributed by atoms with Gasteiger partial charge < -0.3 is 10.1 Å². The molecule has 19 heavy (non-hydrogen) atoms. The third kappa shape index (κ3) is 6.97. The largest absolute Gasteiger partial charge is 0.374 e. The van der Waals surface area contributed by atoms with Crippen LogP contribution in [0.5, 0.6) is 0 Å². The van der Waals surface area contributed by atoms with Gasteiger partial charge in [-0.05, 0) is 25.3 Å². The van der Waals surface area contributed by atoms with E-state index in [1.54, 1.807) is 0 Å². The Morgan fingerprint density at radius 2 is 1.89 bits per heavy atom. The number of carbonyl (C=O) groups excluding carboxylic acids is 1. The quantitative estimate of drug-likeness (QED) is 0.820. The summed E-state index contributed by atoms with van der Waals surface area (Å²) in [7, 11) is 0. The highest BCUT2D eigenvalue weighted by molar-refractivity contribution is 5.76. The molecule has 0 saturated heterocycles. The van der Waals surface area contributed by atoms with Gasteiger partial charge in [0.2, 0.25) is 5.91 Å². The Labute approximate surface area is 116 Å². The van der Waals surface area contributed by atoms with Gasteiger partial charge in [0, 0.05) is 6.42 Å². The smallest absolute Gasteiger partial charge is 0.220 e. The van der Waals surface area contributed by atoms with Crippen molar-refractivity contribution in [3.63, 3.8) is 0 Å². The van der Waals surface area contributed by atoms with Crippen molar-refractivity contribution < 1.29 is 9.53 Å². The molecule has 1 N–H and O–H groups in total. The molecule has 1 aromatic carbocycles. The molecule has 1 rings (SSSR count). The Hall–Kier alpha value is -1.35.